The number of benzene rings is 1. The van der Waals surface area contributed by atoms with E-state index in [2.05, 4.69) is 15.7 Å². The van der Waals surface area contributed by atoms with Crippen LogP contribution in [0.2, 0.25) is 0 Å². The number of nitrogens with one attached hydrogen (secondary N) is 2. The van der Waals surface area contributed by atoms with Crippen LogP contribution in [0.1, 0.15) is 13.3 Å². The highest BCUT2D eigenvalue weighted by Crippen LogP contribution is 2.13. The predicted molar refractivity (Wildman–Crippen MR) is 85.3 cm³/mol. The van der Waals surface area contributed by atoms with E-state index in [4.69, 9.17) is 4.74 Å². The summed E-state index contributed by atoms with van der Waals surface area (Å²) in [4.78, 5) is 23.0. The number of hydrogen-bond acceptors (Lipinski definition) is 4. The first-order valence-corrected chi connectivity index (χ1v) is 7.36. The summed E-state index contributed by atoms with van der Waals surface area (Å²) in [5.74, 6) is -0.0496. The van der Waals surface area contributed by atoms with E-state index in [0.717, 1.165) is 5.69 Å². The number of para-hydroxylation sites is 1. The Balaban J connectivity index is 1.85. The largest absolute Gasteiger partial charge is 0.463 e. The summed E-state index contributed by atoms with van der Waals surface area (Å²) in [5.41, 5.74) is 0.907. The second-order valence-corrected chi connectivity index (χ2v) is 4.91. The Kier molecular flexibility index (Phi) is 5.74. The van der Waals surface area contributed by atoms with Gasteiger partial charge in [0.2, 0.25) is 11.8 Å². The molecule has 0 saturated heterocycles. The highest BCUT2D eigenvalue weighted by molar-refractivity contribution is 5.81. The maximum atomic E-state index is 11.9. The third-order valence-electron chi connectivity index (χ3n) is 3.18. The molecule has 0 spiro atoms. The van der Waals surface area contributed by atoms with Crippen LogP contribution in [0.15, 0.2) is 42.6 Å². The van der Waals surface area contributed by atoms with Gasteiger partial charge in [-0.3, -0.25) is 9.59 Å². The van der Waals surface area contributed by atoms with Gasteiger partial charge in [-0.2, -0.15) is 0 Å². The van der Waals surface area contributed by atoms with Crippen LogP contribution < -0.4 is 15.4 Å². The molecule has 2 N–H and O–H groups in total. The molecular formula is C16H20N4O3. The Morgan fingerprint density at radius 1 is 1.26 bits per heavy atom. The SMILES string of the molecule is CNC(=O)CCNC(=O)[C@H](C)Oc1ccn(-c2ccccc2)n1. The van der Waals surface area contributed by atoms with Crippen molar-refractivity contribution in [2.24, 2.45) is 0 Å². The molecule has 1 aromatic heterocycles. The van der Waals surface area contributed by atoms with Gasteiger partial charge in [-0.05, 0) is 19.1 Å². The molecular weight excluding hydrogens is 296 g/mol. The first-order chi connectivity index (χ1) is 11.1. The van der Waals surface area contributed by atoms with Crippen molar-refractivity contribution in [1.29, 1.82) is 0 Å². The van der Waals surface area contributed by atoms with Crippen LogP contribution in [0.3, 0.4) is 0 Å². The maximum Gasteiger partial charge on any atom is 0.260 e. The lowest BCUT2D eigenvalue weighted by atomic mass is 10.3. The quantitative estimate of drug-likeness (QED) is 0.794. The Labute approximate surface area is 134 Å². The van der Waals surface area contributed by atoms with E-state index >= 15 is 0 Å². The topological polar surface area (TPSA) is 85.3 Å². The van der Waals surface area contributed by atoms with Crippen molar-refractivity contribution in [1.82, 2.24) is 20.4 Å². The van der Waals surface area contributed by atoms with Gasteiger partial charge >= 0.3 is 0 Å². The van der Waals surface area contributed by atoms with Crippen molar-refractivity contribution in [3.8, 4) is 11.6 Å². The molecule has 1 atom stereocenters. The van der Waals surface area contributed by atoms with Crippen molar-refractivity contribution in [2.45, 2.75) is 19.4 Å². The summed E-state index contributed by atoms with van der Waals surface area (Å²) in [6.45, 7) is 1.90. The van der Waals surface area contributed by atoms with Gasteiger partial charge in [0.05, 0.1) is 5.69 Å². The summed E-state index contributed by atoms with van der Waals surface area (Å²) in [6.07, 6.45) is 1.30. The van der Waals surface area contributed by atoms with Crippen molar-refractivity contribution in [2.75, 3.05) is 13.6 Å². The number of amides is 2. The summed E-state index contributed by atoms with van der Waals surface area (Å²) in [6, 6.07) is 11.3. The van der Waals surface area contributed by atoms with E-state index in [1.807, 2.05) is 30.3 Å². The zero-order valence-corrected chi connectivity index (χ0v) is 13.2. The monoisotopic (exact) mass is 316 g/mol. The molecule has 7 nitrogen and oxygen atoms in total. The lowest BCUT2D eigenvalue weighted by molar-refractivity contribution is -0.127. The van der Waals surface area contributed by atoms with Gasteiger partial charge in [0.25, 0.3) is 5.91 Å². The molecule has 0 aliphatic heterocycles. The van der Waals surface area contributed by atoms with Gasteiger partial charge in [-0.25, -0.2) is 4.68 Å². The summed E-state index contributed by atoms with van der Waals surface area (Å²) in [7, 11) is 1.55. The fourth-order valence-electron chi connectivity index (χ4n) is 1.90. The van der Waals surface area contributed by atoms with E-state index < -0.39 is 6.10 Å². The molecule has 0 bridgehead atoms. The first kappa shape index (κ1) is 16.5. The molecule has 2 amide bonds. The molecule has 1 heterocycles. The molecule has 2 rings (SSSR count). The number of hydrogen-bond donors (Lipinski definition) is 2. The van der Waals surface area contributed by atoms with Crippen molar-refractivity contribution in [3.63, 3.8) is 0 Å². The minimum atomic E-state index is -0.696. The summed E-state index contributed by atoms with van der Waals surface area (Å²) >= 11 is 0. The number of carbonyl (C=O) groups excluding carboxylic acids is 2. The van der Waals surface area contributed by atoms with E-state index in [1.54, 1.807) is 30.9 Å². The van der Waals surface area contributed by atoms with Gasteiger partial charge in [0.15, 0.2) is 6.10 Å². The standard InChI is InChI=1S/C16H20N4O3/c1-12(16(22)18-10-8-14(21)17-2)23-15-9-11-20(19-15)13-6-4-3-5-7-13/h3-7,9,11-12H,8,10H2,1-2H3,(H,17,21)(H,18,22)/t12-/m0/s1. The van der Waals surface area contributed by atoms with E-state index in [0.29, 0.717) is 5.88 Å². The molecule has 0 aliphatic rings. The lowest BCUT2D eigenvalue weighted by Gasteiger charge is -2.12. The van der Waals surface area contributed by atoms with E-state index in [9.17, 15) is 9.59 Å². The Bertz CT molecular complexity index is 654. The van der Waals surface area contributed by atoms with Gasteiger partial charge in [0.1, 0.15) is 0 Å². The molecule has 2 aromatic rings. The third kappa shape index (κ3) is 4.84. The number of nitrogens with zero attached hydrogens (tertiary/aromatic N) is 2. The fourth-order valence-corrected chi connectivity index (χ4v) is 1.90. The van der Waals surface area contributed by atoms with E-state index in [1.165, 1.54) is 0 Å². The molecule has 23 heavy (non-hydrogen) atoms. The van der Waals surface area contributed by atoms with E-state index in [-0.39, 0.29) is 24.8 Å². The average Bonchev–Trinajstić information content (AvgIpc) is 3.03. The smallest absolute Gasteiger partial charge is 0.260 e. The highest BCUT2D eigenvalue weighted by atomic mass is 16.5. The molecule has 1 aromatic carbocycles. The first-order valence-electron chi connectivity index (χ1n) is 7.36. The minimum Gasteiger partial charge on any atom is -0.463 e. The molecule has 0 unspecified atom stereocenters. The lowest BCUT2D eigenvalue weighted by Crippen LogP contribution is -2.38. The van der Waals surface area contributed by atoms with Crippen LogP contribution in [0.5, 0.6) is 5.88 Å². The molecule has 0 fully saturated rings. The zero-order chi connectivity index (χ0) is 16.7. The Morgan fingerprint density at radius 3 is 2.70 bits per heavy atom. The summed E-state index contributed by atoms with van der Waals surface area (Å²) < 4.78 is 7.19. The fraction of sp³-hybridized carbons (Fsp3) is 0.312. The zero-order valence-electron chi connectivity index (χ0n) is 13.2. The van der Waals surface area contributed by atoms with Crippen LogP contribution in [0.25, 0.3) is 5.69 Å². The molecule has 122 valence electrons. The second-order valence-electron chi connectivity index (χ2n) is 4.91. The molecule has 0 aliphatic carbocycles. The summed E-state index contributed by atoms with van der Waals surface area (Å²) in [5, 5.41) is 9.41. The number of carbonyl (C=O) groups is 2. The normalized spacial score (nSPS) is 11.6. The third-order valence-corrected chi connectivity index (χ3v) is 3.18. The minimum absolute atomic E-state index is 0.125. The number of ether oxygens (including phenoxy) is 1. The van der Waals surface area contributed by atoms with Crippen LogP contribution in [0, 0.1) is 0 Å². The number of rotatable bonds is 7. The Morgan fingerprint density at radius 2 is 2.00 bits per heavy atom. The van der Waals surface area contributed by atoms with Crippen LogP contribution in [-0.4, -0.2) is 41.3 Å². The predicted octanol–water partition coefficient (Wildman–Crippen LogP) is 0.892. The van der Waals surface area contributed by atoms with Gasteiger partial charge in [-0.1, -0.05) is 18.2 Å². The molecule has 7 heteroatoms. The van der Waals surface area contributed by atoms with Crippen molar-refractivity contribution < 1.29 is 14.3 Å². The Hall–Kier alpha value is -2.83. The van der Waals surface area contributed by atoms with Crippen molar-refractivity contribution in [3.05, 3.63) is 42.6 Å². The van der Waals surface area contributed by atoms with Crippen LogP contribution >= 0.6 is 0 Å². The van der Waals surface area contributed by atoms with Gasteiger partial charge in [-0.15, -0.1) is 5.10 Å². The van der Waals surface area contributed by atoms with Gasteiger partial charge < -0.3 is 15.4 Å². The van der Waals surface area contributed by atoms with Crippen LogP contribution in [-0.2, 0) is 9.59 Å². The highest BCUT2D eigenvalue weighted by Gasteiger charge is 2.16. The maximum absolute atomic E-state index is 11.9. The number of aromatic nitrogens is 2. The molecule has 0 radical (unpaired) electrons. The average molecular weight is 316 g/mol. The second kappa shape index (κ2) is 7.98. The van der Waals surface area contributed by atoms with Gasteiger partial charge in [0, 0.05) is 32.3 Å². The van der Waals surface area contributed by atoms with Crippen LogP contribution in [0.4, 0.5) is 0 Å². The molecule has 0 saturated carbocycles. The van der Waals surface area contributed by atoms with Crippen molar-refractivity contribution >= 4 is 11.8 Å².